The molecule has 7 heteroatoms. The molecule has 0 amide bonds. The maximum atomic E-state index is 5.93. The second kappa shape index (κ2) is 10.9. The molecule has 3 rings (SSSR count). The highest BCUT2D eigenvalue weighted by Gasteiger charge is 2.22. The van der Waals surface area contributed by atoms with E-state index in [1.54, 1.807) is 0 Å². The Kier molecular flexibility index (Phi) is 8.22. The zero-order valence-corrected chi connectivity index (χ0v) is 19.3. The van der Waals surface area contributed by atoms with Gasteiger partial charge < -0.3 is 29.9 Å². The predicted octanol–water partition coefficient (Wildman–Crippen LogP) is 1.96. The summed E-state index contributed by atoms with van der Waals surface area (Å²) < 4.78 is 11.8. The number of nitrogens with zero attached hydrogens (tertiary/aromatic N) is 3. The lowest BCUT2D eigenvalue weighted by atomic mass is 10.1. The Labute approximate surface area is 181 Å². The molecule has 2 aliphatic rings. The predicted molar refractivity (Wildman–Crippen MR) is 123 cm³/mol. The van der Waals surface area contributed by atoms with Gasteiger partial charge in [-0.25, -0.2) is 0 Å². The molecule has 1 saturated heterocycles. The first kappa shape index (κ1) is 22.7. The van der Waals surface area contributed by atoms with Gasteiger partial charge in [0, 0.05) is 70.4 Å². The highest BCUT2D eigenvalue weighted by molar-refractivity contribution is 5.79. The Bertz CT molecular complexity index is 716. The fourth-order valence-electron chi connectivity index (χ4n) is 4.12. The van der Waals surface area contributed by atoms with Crippen LogP contribution < -0.4 is 20.1 Å². The molecule has 2 heterocycles. The second-order valence-electron chi connectivity index (χ2n) is 8.65. The molecule has 1 aromatic rings. The smallest absolute Gasteiger partial charge is 0.191 e. The molecule has 2 atom stereocenters. The molecule has 0 bridgehead atoms. The van der Waals surface area contributed by atoms with E-state index in [1.165, 1.54) is 5.56 Å². The van der Waals surface area contributed by atoms with Crippen molar-refractivity contribution in [1.82, 2.24) is 20.4 Å². The molecule has 0 radical (unpaired) electrons. The van der Waals surface area contributed by atoms with Crippen LogP contribution in [0.3, 0.4) is 0 Å². The van der Waals surface area contributed by atoms with Crippen LogP contribution in [0.4, 0.5) is 0 Å². The zero-order valence-electron chi connectivity index (χ0n) is 19.3. The summed E-state index contributed by atoms with van der Waals surface area (Å²) in [7, 11) is 4.01. The third kappa shape index (κ3) is 6.25. The summed E-state index contributed by atoms with van der Waals surface area (Å²) in [5, 5.41) is 6.91. The molecular formula is C23H39N5O2. The average Bonchev–Trinajstić information content (AvgIpc) is 3.09. The third-order valence-electron chi connectivity index (χ3n) is 5.83. The fourth-order valence-corrected chi connectivity index (χ4v) is 4.12. The van der Waals surface area contributed by atoms with Gasteiger partial charge in [0.05, 0.1) is 6.61 Å². The minimum atomic E-state index is 0.230. The average molecular weight is 418 g/mol. The molecule has 30 heavy (non-hydrogen) atoms. The van der Waals surface area contributed by atoms with Gasteiger partial charge in [-0.05, 0) is 38.9 Å². The molecule has 2 N–H and O–H groups in total. The lowest BCUT2D eigenvalue weighted by molar-refractivity contribution is 0.139. The third-order valence-corrected chi connectivity index (χ3v) is 5.83. The van der Waals surface area contributed by atoms with Gasteiger partial charge >= 0.3 is 0 Å². The van der Waals surface area contributed by atoms with Crippen LogP contribution in [0.15, 0.2) is 17.1 Å². The Morgan fingerprint density at radius 1 is 1.27 bits per heavy atom. The monoisotopic (exact) mass is 417 g/mol. The van der Waals surface area contributed by atoms with Gasteiger partial charge in [-0.3, -0.25) is 4.99 Å². The minimum Gasteiger partial charge on any atom is -0.494 e. The number of benzene rings is 1. The van der Waals surface area contributed by atoms with Gasteiger partial charge in [0.25, 0.3) is 0 Å². The van der Waals surface area contributed by atoms with Crippen LogP contribution in [-0.4, -0.2) is 81.8 Å². The van der Waals surface area contributed by atoms with Crippen molar-refractivity contribution in [1.29, 1.82) is 0 Å². The number of nitrogens with one attached hydrogen (secondary N) is 2. The van der Waals surface area contributed by atoms with Gasteiger partial charge in [0.15, 0.2) is 5.96 Å². The second-order valence-corrected chi connectivity index (χ2v) is 8.65. The standard InChI is InChI=1S/C23H39N5O2/c1-6-29-21-12-19-11-18(3)30-22(19)13-20(21)15-26-23(24-4)25-14-17(2)16-28-9-7-27(5)8-10-28/h12-13,17-18H,6-11,14-16H2,1-5H3,(H2,24,25,26). The summed E-state index contributed by atoms with van der Waals surface area (Å²) in [5.74, 6) is 3.28. The number of fused-ring (bicyclic) bond motifs is 1. The first-order valence-corrected chi connectivity index (χ1v) is 11.3. The van der Waals surface area contributed by atoms with Crippen LogP contribution in [0.25, 0.3) is 0 Å². The molecule has 0 aromatic heterocycles. The first-order chi connectivity index (χ1) is 14.5. The summed E-state index contributed by atoms with van der Waals surface area (Å²) in [6.07, 6.45) is 1.17. The van der Waals surface area contributed by atoms with E-state index in [0.717, 1.165) is 68.7 Å². The summed E-state index contributed by atoms with van der Waals surface area (Å²) in [6, 6.07) is 4.24. The van der Waals surface area contributed by atoms with Crippen molar-refractivity contribution in [2.75, 3.05) is 60.0 Å². The summed E-state index contributed by atoms with van der Waals surface area (Å²) >= 11 is 0. The van der Waals surface area contributed by atoms with Gasteiger partial charge in [0.2, 0.25) is 0 Å². The van der Waals surface area contributed by atoms with E-state index < -0.39 is 0 Å². The van der Waals surface area contributed by atoms with E-state index in [-0.39, 0.29) is 6.10 Å². The Balaban J connectivity index is 1.50. The van der Waals surface area contributed by atoms with Crippen molar-refractivity contribution in [2.24, 2.45) is 10.9 Å². The molecule has 0 aliphatic carbocycles. The summed E-state index contributed by atoms with van der Waals surface area (Å²) in [6.45, 7) is 14.4. The van der Waals surface area contributed by atoms with Gasteiger partial charge in [-0.1, -0.05) is 6.92 Å². The number of likely N-dealkylation sites (N-methyl/N-ethyl adjacent to an activating group) is 1. The number of hydrogen-bond acceptors (Lipinski definition) is 5. The number of hydrogen-bond donors (Lipinski definition) is 2. The van der Waals surface area contributed by atoms with Crippen LogP contribution in [0, 0.1) is 5.92 Å². The normalized spacial score (nSPS) is 21.1. The molecule has 0 saturated carbocycles. The van der Waals surface area contributed by atoms with Crippen LogP contribution >= 0.6 is 0 Å². The Morgan fingerprint density at radius 3 is 2.73 bits per heavy atom. The van der Waals surface area contributed by atoms with Crippen LogP contribution in [0.5, 0.6) is 11.5 Å². The topological polar surface area (TPSA) is 61.4 Å². The van der Waals surface area contributed by atoms with E-state index >= 15 is 0 Å². The van der Waals surface area contributed by atoms with E-state index in [4.69, 9.17) is 9.47 Å². The van der Waals surface area contributed by atoms with Crippen molar-refractivity contribution in [2.45, 2.75) is 39.8 Å². The van der Waals surface area contributed by atoms with Crippen molar-refractivity contribution in [3.63, 3.8) is 0 Å². The van der Waals surface area contributed by atoms with E-state index in [9.17, 15) is 0 Å². The Morgan fingerprint density at radius 2 is 2.03 bits per heavy atom. The number of aliphatic imine (C=N–C) groups is 1. The molecule has 7 nitrogen and oxygen atoms in total. The quantitative estimate of drug-likeness (QED) is 0.498. The molecule has 168 valence electrons. The minimum absolute atomic E-state index is 0.230. The summed E-state index contributed by atoms with van der Waals surface area (Å²) in [4.78, 5) is 9.35. The van der Waals surface area contributed by atoms with Crippen molar-refractivity contribution >= 4 is 5.96 Å². The summed E-state index contributed by atoms with van der Waals surface area (Å²) in [5.41, 5.74) is 2.33. The lowest BCUT2D eigenvalue weighted by Gasteiger charge is -2.34. The molecule has 1 fully saturated rings. The maximum Gasteiger partial charge on any atom is 0.191 e. The number of ether oxygens (including phenoxy) is 2. The highest BCUT2D eigenvalue weighted by Crippen LogP contribution is 2.35. The molecule has 2 aliphatic heterocycles. The highest BCUT2D eigenvalue weighted by atomic mass is 16.5. The first-order valence-electron chi connectivity index (χ1n) is 11.3. The lowest BCUT2D eigenvalue weighted by Crippen LogP contribution is -2.47. The van der Waals surface area contributed by atoms with Crippen LogP contribution in [0.2, 0.25) is 0 Å². The number of guanidine groups is 1. The van der Waals surface area contributed by atoms with Gasteiger partial charge in [-0.2, -0.15) is 0 Å². The number of piperazine rings is 1. The van der Waals surface area contributed by atoms with E-state index in [1.807, 2.05) is 14.0 Å². The van der Waals surface area contributed by atoms with Crippen LogP contribution in [-0.2, 0) is 13.0 Å². The Hall–Kier alpha value is -1.99. The van der Waals surface area contributed by atoms with Crippen LogP contribution in [0.1, 0.15) is 31.9 Å². The molecule has 1 aromatic carbocycles. The maximum absolute atomic E-state index is 5.93. The largest absolute Gasteiger partial charge is 0.494 e. The zero-order chi connectivity index (χ0) is 21.5. The van der Waals surface area contributed by atoms with Gasteiger partial charge in [0.1, 0.15) is 17.6 Å². The molecular weight excluding hydrogens is 378 g/mol. The SMILES string of the molecule is CCOc1cc2c(cc1CNC(=NC)NCC(C)CN1CCN(C)CC1)OC(C)C2. The fraction of sp³-hybridized carbons (Fsp3) is 0.696. The van der Waals surface area contributed by atoms with Crippen molar-refractivity contribution in [3.05, 3.63) is 23.3 Å². The van der Waals surface area contributed by atoms with Crippen molar-refractivity contribution in [3.8, 4) is 11.5 Å². The van der Waals surface area contributed by atoms with Gasteiger partial charge in [-0.15, -0.1) is 0 Å². The molecule has 2 unspecified atom stereocenters. The van der Waals surface area contributed by atoms with E-state index in [0.29, 0.717) is 19.1 Å². The van der Waals surface area contributed by atoms with Crippen molar-refractivity contribution < 1.29 is 9.47 Å². The number of rotatable bonds is 8. The molecule has 0 spiro atoms. The van der Waals surface area contributed by atoms with E-state index in [2.05, 4.69) is 58.5 Å².